The molecule has 0 unspecified atom stereocenters. The summed E-state index contributed by atoms with van der Waals surface area (Å²) in [5.74, 6) is 0.340. The first-order valence-corrected chi connectivity index (χ1v) is 6.94. The summed E-state index contributed by atoms with van der Waals surface area (Å²) in [7, 11) is 1.57. The first-order chi connectivity index (χ1) is 10.5. The van der Waals surface area contributed by atoms with Crippen LogP contribution in [0.4, 0.5) is 10.1 Å². The Kier molecular flexibility index (Phi) is 5.22. The van der Waals surface area contributed by atoms with Gasteiger partial charge >= 0.3 is 0 Å². The number of rotatable bonds is 5. The zero-order chi connectivity index (χ0) is 16.1. The molecule has 0 fully saturated rings. The molecule has 1 N–H and O–H groups in total. The molecule has 2 aromatic carbocycles. The predicted molar refractivity (Wildman–Crippen MR) is 83.1 cm³/mol. The number of anilines is 1. The summed E-state index contributed by atoms with van der Waals surface area (Å²) in [5, 5.41) is 2.56. The van der Waals surface area contributed by atoms with Crippen LogP contribution in [0.2, 0.25) is 5.02 Å². The van der Waals surface area contributed by atoms with Gasteiger partial charge in [-0.05, 0) is 49.4 Å². The monoisotopic (exact) mass is 323 g/mol. The third-order valence-corrected chi connectivity index (χ3v) is 3.22. The van der Waals surface area contributed by atoms with Crippen molar-refractivity contribution in [3.63, 3.8) is 0 Å². The van der Waals surface area contributed by atoms with Crippen LogP contribution < -0.4 is 14.8 Å². The van der Waals surface area contributed by atoms with Crippen LogP contribution >= 0.6 is 11.6 Å². The van der Waals surface area contributed by atoms with Crippen molar-refractivity contribution in [1.82, 2.24) is 0 Å². The molecule has 22 heavy (non-hydrogen) atoms. The number of hydrogen-bond donors (Lipinski definition) is 1. The van der Waals surface area contributed by atoms with E-state index in [1.807, 2.05) is 0 Å². The molecule has 0 aromatic heterocycles. The van der Waals surface area contributed by atoms with E-state index in [1.165, 1.54) is 18.2 Å². The van der Waals surface area contributed by atoms with E-state index in [0.29, 0.717) is 17.2 Å². The van der Waals surface area contributed by atoms with Crippen LogP contribution in [0.1, 0.15) is 6.92 Å². The summed E-state index contributed by atoms with van der Waals surface area (Å²) in [6.07, 6.45) is -0.725. The number of ether oxygens (including phenoxy) is 2. The second kappa shape index (κ2) is 7.13. The molecule has 0 radical (unpaired) electrons. The molecule has 0 bridgehead atoms. The van der Waals surface area contributed by atoms with Gasteiger partial charge < -0.3 is 14.8 Å². The summed E-state index contributed by atoms with van der Waals surface area (Å²) < 4.78 is 23.6. The molecule has 2 aromatic rings. The van der Waals surface area contributed by atoms with E-state index in [2.05, 4.69) is 5.32 Å². The molecule has 4 nitrogen and oxygen atoms in total. The molecule has 1 atom stereocenters. The summed E-state index contributed by atoms with van der Waals surface area (Å²) in [6, 6.07) is 10.8. The van der Waals surface area contributed by atoms with Gasteiger partial charge in [0.05, 0.1) is 12.1 Å². The minimum absolute atomic E-state index is 0.0541. The zero-order valence-corrected chi connectivity index (χ0v) is 12.9. The quantitative estimate of drug-likeness (QED) is 0.908. The number of amides is 1. The maximum Gasteiger partial charge on any atom is 0.265 e. The Balaban J connectivity index is 1.97. The van der Waals surface area contributed by atoms with Gasteiger partial charge in [0.15, 0.2) is 6.10 Å². The van der Waals surface area contributed by atoms with Crippen molar-refractivity contribution in [2.45, 2.75) is 13.0 Å². The second-order valence-corrected chi connectivity index (χ2v) is 4.96. The van der Waals surface area contributed by atoms with Gasteiger partial charge in [0.2, 0.25) is 0 Å². The maximum atomic E-state index is 13.1. The molecule has 0 saturated heterocycles. The smallest absolute Gasteiger partial charge is 0.265 e. The predicted octanol–water partition coefficient (Wildman–Crippen LogP) is 3.89. The average molecular weight is 324 g/mol. The Morgan fingerprint density at radius 3 is 2.41 bits per heavy atom. The maximum absolute atomic E-state index is 13.1. The molecule has 6 heteroatoms. The molecule has 116 valence electrons. The van der Waals surface area contributed by atoms with Crippen molar-refractivity contribution < 1.29 is 18.7 Å². The largest absolute Gasteiger partial charge is 0.497 e. The lowest BCUT2D eigenvalue weighted by molar-refractivity contribution is -0.122. The summed E-state index contributed by atoms with van der Waals surface area (Å²) >= 11 is 5.67. The van der Waals surface area contributed by atoms with E-state index in [-0.39, 0.29) is 10.9 Å². The van der Waals surface area contributed by atoms with Gasteiger partial charge in [-0.25, -0.2) is 4.39 Å². The van der Waals surface area contributed by atoms with Gasteiger partial charge in [0.1, 0.15) is 17.3 Å². The highest BCUT2D eigenvalue weighted by molar-refractivity contribution is 6.31. The van der Waals surface area contributed by atoms with Crippen LogP contribution in [0.25, 0.3) is 0 Å². The lowest BCUT2D eigenvalue weighted by Gasteiger charge is -2.15. The Bertz CT molecular complexity index is 661. The Morgan fingerprint density at radius 2 is 1.82 bits per heavy atom. The summed E-state index contributed by atoms with van der Waals surface area (Å²) in [4.78, 5) is 12.0. The lowest BCUT2D eigenvalue weighted by atomic mass is 10.3. The van der Waals surface area contributed by atoms with Gasteiger partial charge in [-0.15, -0.1) is 0 Å². The van der Waals surface area contributed by atoms with E-state index in [4.69, 9.17) is 21.1 Å². The molecule has 0 aliphatic carbocycles. The number of nitrogens with one attached hydrogen (secondary N) is 1. The van der Waals surface area contributed by atoms with Crippen LogP contribution in [0.5, 0.6) is 11.5 Å². The van der Waals surface area contributed by atoms with E-state index in [1.54, 1.807) is 38.3 Å². The highest BCUT2D eigenvalue weighted by Crippen LogP contribution is 2.21. The standard InChI is InChI=1S/C16H15ClFNO3/c1-10(22-13-6-4-12(21-2)5-7-13)16(20)19-11-3-8-15(18)14(17)9-11/h3-10H,1-2H3,(H,19,20)/t10-/m0/s1. The van der Waals surface area contributed by atoms with E-state index >= 15 is 0 Å². The van der Waals surface area contributed by atoms with Crippen molar-refractivity contribution in [1.29, 1.82) is 0 Å². The van der Waals surface area contributed by atoms with Gasteiger partial charge in [-0.1, -0.05) is 11.6 Å². The molecule has 1 amide bonds. The van der Waals surface area contributed by atoms with Crippen LogP contribution in [-0.2, 0) is 4.79 Å². The van der Waals surface area contributed by atoms with Gasteiger partial charge in [0.25, 0.3) is 5.91 Å². The fourth-order valence-corrected chi connectivity index (χ4v) is 1.91. The van der Waals surface area contributed by atoms with Crippen molar-refractivity contribution in [3.8, 4) is 11.5 Å². The highest BCUT2D eigenvalue weighted by Gasteiger charge is 2.15. The summed E-state index contributed by atoms with van der Waals surface area (Å²) in [5.41, 5.74) is 0.404. The minimum Gasteiger partial charge on any atom is -0.497 e. The van der Waals surface area contributed by atoms with Gasteiger partial charge in [-0.3, -0.25) is 4.79 Å². The highest BCUT2D eigenvalue weighted by atomic mass is 35.5. The topological polar surface area (TPSA) is 47.6 Å². The Hall–Kier alpha value is -2.27. The molecule has 0 heterocycles. The van der Waals surface area contributed by atoms with Crippen molar-refractivity contribution >= 4 is 23.2 Å². The van der Waals surface area contributed by atoms with Crippen molar-refractivity contribution in [3.05, 3.63) is 53.3 Å². The number of halogens is 2. The molecule has 0 spiro atoms. The van der Waals surface area contributed by atoms with Gasteiger partial charge in [-0.2, -0.15) is 0 Å². The van der Waals surface area contributed by atoms with Crippen molar-refractivity contribution in [2.75, 3.05) is 12.4 Å². The van der Waals surface area contributed by atoms with E-state index in [0.717, 1.165) is 0 Å². The second-order valence-electron chi connectivity index (χ2n) is 4.55. The number of methoxy groups -OCH3 is 1. The third kappa shape index (κ3) is 4.11. The molecule has 2 rings (SSSR count). The fraction of sp³-hybridized carbons (Fsp3) is 0.188. The lowest BCUT2D eigenvalue weighted by Crippen LogP contribution is -2.30. The first-order valence-electron chi connectivity index (χ1n) is 6.56. The van der Waals surface area contributed by atoms with E-state index < -0.39 is 11.9 Å². The number of carbonyl (C=O) groups is 1. The van der Waals surface area contributed by atoms with Crippen LogP contribution in [0.15, 0.2) is 42.5 Å². The molecule has 0 saturated carbocycles. The van der Waals surface area contributed by atoms with Crippen LogP contribution in [0, 0.1) is 5.82 Å². The number of hydrogen-bond acceptors (Lipinski definition) is 3. The molecule has 0 aliphatic heterocycles. The average Bonchev–Trinajstić information content (AvgIpc) is 2.51. The van der Waals surface area contributed by atoms with Gasteiger partial charge in [0, 0.05) is 5.69 Å². The number of carbonyl (C=O) groups excluding carboxylic acids is 1. The molecular formula is C16H15ClFNO3. The first kappa shape index (κ1) is 16.1. The Labute approximate surface area is 132 Å². The number of benzene rings is 2. The van der Waals surface area contributed by atoms with E-state index in [9.17, 15) is 9.18 Å². The molecular weight excluding hydrogens is 309 g/mol. The van der Waals surface area contributed by atoms with Crippen molar-refractivity contribution in [2.24, 2.45) is 0 Å². The fourth-order valence-electron chi connectivity index (χ4n) is 1.73. The zero-order valence-electron chi connectivity index (χ0n) is 12.1. The normalized spacial score (nSPS) is 11.6. The van der Waals surface area contributed by atoms with Crippen LogP contribution in [0.3, 0.4) is 0 Å². The SMILES string of the molecule is COc1ccc(O[C@@H](C)C(=O)Nc2ccc(F)c(Cl)c2)cc1. The summed E-state index contributed by atoms with van der Waals surface area (Å²) in [6.45, 7) is 1.62. The minimum atomic E-state index is -0.725. The van der Waals surface area contributed by atoms with Crippen LogP contribution in [-0.4, -0.2) is 19.1 Å². The molecule has 0 aliphatic rings. The Morgan fingerprint density at radius 1 is 1.18 bits per heavy atom. The third-order valence-electron chi connectivity index (χ3n) is 2.93.